The van der Waals surface area contributed by atoms with E-state index in [-0.39, 0.29) is 34.5 Å². The fraction of sp³-hybridized carbons (Fsp3) is 0.174. The van der Waals surface area contributed by atoms with Crippen molar-refractivity contribution in [1.29, 1.82) is 0 Å². The molecule has 0 spiro atoms. The maximum atomic E-state index is 15.8. The van der Waals surface area contributed by atoms with Crippen molar-refractivity contribution in [2.75, 3.05) is 5.32 Å². The second-order valence-electron chi connectivity index (χ2n) is 8.28. The molecule has 37 heavy (non-hydrogen) atoms. The molecule has 0 atom stereocenters. The van der Waals surface area contributed by atoms with Gasteiger partial charge in [-0.15, -0.1) is 0 Å². The molecule has 5 aromatic rings. The molecule has 3 heterocycles. The third kappa shape index (κ3) is 4.77. The number of aromatic nitrogens is 7. The van der Waals surface area contributed by atoms with Crippen LogP contribution < -0.4 is 10.9 Å². The van der Waals surface area contributed by atoms with E-state index in [2.05, 4.69) is 25.5 Å². The number of anilines is 2. The zero-order valence-electron chi connectivity index (χ0n) is 19.3. The number of rotatable bonds is 6. The first-order valence-corrected chi connectivity index (χ1v) is 11.1. The number of benzene rings is 2. The Bertz CT molecular complexity index is 1730. The summed E-state index contributed by atoms with van der Waals surface area (Å²) in [5.74, 6) is -5.09. The summed E-state index contributed by atoms with van der Waals surface area (Å²) < 4.78 is 61.4. The van der Waals surface area contributed by atoms with Gasteiger partial charge in [-0.25, -0.2) is 18.2 Å². The minimum absolute atomic E-state index is 0.150. The van der Waals surface area contributed by atoms with Crippen LogP contribution in [0, 0.1) is 23.4 Å². The quantitative estimate of drug-likeness (QED) is 0.203. The van der Waals surface area contributed by atoms with Gasteiger partial charge in [-0.2, -0.15) is 19.6 Å². The summed E-state index contributed by atoms with van der Waals surface area (Å²) in [6, 6.07) is 4.15. The molecule has 0 aliphatic heterocycles. The van der Waals surface area contributed by atoms with E-state index in [1.165, 1.54) is 11.0 Å². The number of nitrogens with one attached hydrogen (secondary N) is 1. The van der Waals surface area contributed by atoms with Crippen molar-refractivity contribution >= 4 is 34.1 Å². The Labute approximate surface area is 211 Å². The van der Waals surface area contributed by atoms with Gasteiger partial charge in [-0.3, -0.25) is 18.7 Å². The zero-order valence-corrected chi connectivity index (χ0v) is 20.1. The molecule has 2 aromatic carbocycles. The molecule has 14 heteroatoms. The first-order chi connectivity index (χ1) is 17.6. The number of fused-ring (bicyclic) bond motifs is 1. The van der Waals surface area contributed by atoms with Crippen molar-refractivity contribution in [3.8, 4) is 0 Å². The normalized spacial score (nSPS) is 11.4. The molecule has 0 aliphatic carbocycles. The summed E-state index contributed by atoms with van der Waals surface area (Å²) in [6.07, 6.45) is 2.79. The van der Waals surface area contributed by atoms with Crippen LogP contribution in [0.4, 0.5) is 29.2 Å². The van der Waals surface area contributed by atoms with E-state index in [0.717, 1.165) is 4.57 Å². The van der Waals surface area contributed by atoms with Crippen LogP contribution in [0.25, 0.3) is 10.9 Å². The van der Waals surface area contributed by atoms with E-state index < -0.39 is 41.1 Å². The van der Waals surface area contributed by atoms with E-state index >= 15 is 4.39 Å². The second kappa shape index (κ2) is 9.32. The predicted octanol–water partition coefficient (Wildman–Crippen LogP) is 3.85. The first kappa shape index (κ1) is 24.4. The number of halogens is 5. The van der Waals surface area contributed by atoms with Crippen molar-refractivity contribution in [1.82, 2.24) is 34.1 Å². The molecule has 0 saturated carbocycles. The monoisotopic (exact) mass is 532 g/mol. The third-order valence-corrected chi connectivity index (χ3v) is 5.87. The Morgan fingerprint density at radius 3 is 2.46 bits per heavy atom. The third-order valence-electron chi connectivity index (χ3n) is 5.56. The minimum atomic E-state index is -1.39. The molecule has 0 aliphatic rings. The van der Waals surface area contributed by atoms with Gasteiger partial charge in [-0.05, 0) is 18.2 Å². The maximum Gasteiger partial charge on any atom is 0.281 e. The summed E-state index contributed by atoms with van der Waals surface area (Å²) in [7, 11) is 3.33. The van der Waals surface area contributed by atoms with Crippen molar-refractivity contribution in [3.05, 3.63) is 92.5 Å². The van der Waals surface area contributed by atoms with Gasteiger partial charge in [0.2, 0.25) is 11.9 Å². The Hall–Kier alpha value is -4.26. The van der Waals surface area contributed by atoms with Gasteiger partial charge < -0.3 is 5.32 Å². The number of hydrogen-bond acceptors (Lipinski definition) is 6. The van der Waals surface area contributed by atoms with Gasteiger partial charge in [0, 0.05) is 43.7 Å². The molecule has 0 bridgehead atoms. The molecule has 1 N–H and O–H groups in total. The zero-order chi connectivity index (χ0) is 26.4. The Morgan fingerprint density at radius 2 is 1.73 bits per heavy atom. The lowest BCUT2D eigenvalue weighted by molar-refractivity contribution is 0.468. The largest absolute Gasteiger partial charge is 0.324 e. The molecule has 3 aromatic heterocycles. The lowest BCUT2D eigenvalue weighted by Gasteiger charge is -2.18. The first-order valence-electron chi connectivity index (χ1n) is 10.8. The molecule has 0 unspecified atom stereocenters. The maximum absolute atomic E-state index is 15.8. The highest BCUT2D eigenvalue weighted by molar-refractivity contribution is 6.34. The van der Waals surface area contributed by atoms with Crippen LogP contribution in [0.3, 0.4) is 0 Å². The van der Waals surface area contributed by atoms with Crippen LogP contribution in [0.1, 0.15) is 17.0 Å². The summed E-state index contributed by atoms with van der Waals surface area (Å²) in [6.45, 7) is -0.625. The highest BCUT2D eigenvalue weighted by Gasteiger charge is 2.22. The van der Waals surface area contributed by atoms with E-state index in [9.17, 15) is 18.0 Å². The molecule has 0 radical (unpaired) electrons. The van der Waals surface area contributed by atoms with Gasteiger partial charge in [-0.1, -0.05) is 11.6 Å². The minimum Gasteiger partial charge on any atom is -0.324 e. The van der Waals surface area contributed by atoms with Gasteiger partial charge >= 0.3 is 0 Å². The number of nitrogens with zero attached hydrogens (tertiary/aromatic N) is 7. The Balaban J connectivity index is 1.64. The van der Waals surface area contributed by atoms with Crippen LogP contribution >= 0.6 is 11.6 Å². The number of hydrogen-bond donors (Lipinski definition) is 1. The van der Waals surface area contributed by atoms with E-state index in [1.54, 1.807) is 37.1 Å². The van der Waals surface area contributed by atoms with Crippen LogP contribution in [0.15, 0.2) is 41.6 Å². The summed E-state index contributed by atoms with van der Waals surface area (Å²) in [4.78, 5) is 20.8. The van der Waals surface area contributed by atoms with Crippen molar-refractivity contribution in [3.63, 3.8) is 0 Å². The smallest absolute Gasteiger partial charge is 0.281 e. The summed E-state index contributed by atoms with van der Waals surface area (Å²) in [5.41, 5.74) is -0.840. The molecule has 5 rings (SSSR count). The van der Waals surface area contributed by atoms with E-state index in [0.29, 0.717) is 23.0 Å². The van der Waals surface area contributed by atoms with Crippen molar-refractivity contribution in [2.24, 2.45) is 14.1 Å². The molecule has 0 fully saturated rings. The van der Waals surface area contributed by atoms with Crippen molar-refractivity contribution < 1.29 is 17.6 Å². The highest BCUT2D eigenvalue weighted by atomic mass is 35.5. The van der Waals surface area contributed by atoms with Crippen LogP contribution in [0.5, 0.6) is 0 Å². The summed E-state index contributed by atoms with van der Waals surface area (Å²) in [5, 5.41) is 12.0. The highest BCUT2D eigenvalue weighted by Crippen LogP contribution is 2.30. The topological polar surface area (TPSA) is 95.5 Å². The van der Waals surface area contributed by atoms with Gasteiger partial charge in [0.25, 0.3) is 5.56 Å². The molecular weight excluding hydrogens is 516 g/mol. The van der Waals surface area contributed by atoms with Crippen molar-refractivity contribution in [2.45, 2.75) is 13.0 Å². The van der Waals surface area contributed by atoms with Gasteiger partial charge in [0.1, 0.15) is 12.1 Å². The van der Waals surface area contributed by atoms with Crippen LogP contribution in [0.2, 0.25) is 5.02 Å². The van der Waals surface area contributed by atoms with Gasteiger partial charge in [0.05, 0.1) is 28.3 Å². The fourth-order valence-corrected chi connectivity index (χ4v) is 4.03. The standard InChI is InChI=1S/C23H17ClF4N8O/c1-34-8-12-4-19(14(24)6-18(12)32-34)30-23-31-22(37)13(5-20-29-10-35(2)33-20)21(28)36(23)9-11-3-16(26)17(27)7-15(11)25/h3-4,6-8,10H,5,9H2,1-2H3,(H,30,31,37). The molecule has 0 saturated heterocycles. The van der Waals surface area contributed by atoms with Crippen LogP contribution in [-0.4, -0.2) is 34.1 Å². The van der Waals surface area contributed by atoms with E-state index in [1.807, 2.05) is 0 Å². The van der Waals surface area contributed by atoms with Crippen LogP contribution in [-0.2, 0) is 27.1 Å². The fourth-order valence-electron chi connectivity index (χ4n) is 3.82. The average Bonchev–Trinajstić information content (AvgIpc) is 3.40. The summed E-state index contributed by atoms with van der Waals surface area (Å²) >= 11 is 6.37. The average molecular weight is 533 g/mol. The SMILES string of the molecule is Cn1cnc(Cc2c(F)n(Cc3cc(F)c(F)cc3F)c(Nc3cc4cn(C)nc4cc3Cl)nc2=O)n1. The molecule has 9 nitrogen and oxygen atoms in total. The molecular formula is C23H17ClF4N8O. The molecule has 0 amide bonds. The lowest BCUT2D eigenvalue weighted by atomic mass is 10.1. The Kier molecular flexibility index (Phi) is 6.15. The number of aryl methyl sites for hydroxylation is 2. The predicted molar refractivity (Wildman–Crippen MR) is 127 cm³/mol. The Morgan fingerprint density at radius 1 is 0.973 bits per heavy atom. The van der Waals surface area contributed by atoms with Gasteiger partial charge in [0.15, 0.2) is 17.5 Å². The second-order valence-corrected chi connectivity index (χ2v) is 8.69. The lowest BCUT2D eigenvalue weighted by Crippen LogP contribution is -2.26. The molecule has 190 valence electrons. The van der Waals surface area contributed by atoms with E-state index in [4.69, 9.17) is 11.6 Å².